The minimum Gasteiger partial charge on any atom is -0.482 e. The van der Waals surface area contributed by atoms with Crippen LogP contribution in [0.3, 0.4) is 0 Å². The molecule has 3 rings (SSSR count). The predicted molar refractivity (Wildman–Crippen MR) is 105 cm³/mol. The molecule has 0 bridgehead atoms. The molecule has 0 aromatic heterocycles. The van der Waals surface area contributed by atoms with Crippen molar-refractivity contribution >= 4 is 40.8 Å². The van der Waals surface area contributed by atoms with Gasteiger partial charge in [0.15, 0.2) is 6.61 Å². The molecule has 1 heterocycles. The number of halogens is 1. The number of nitrogens with zero attached hydrogens (tertiary/aromatic N) is 1. The summed E-state index contributed by atoms with van der Waals surface area (Å²) in [6.07, 6.45) is 0.176. The standard InChI is InChI=1S/C20H19ClN2O5/c1-12-9-18(24)22-15-5-3-4-6-16(15)23(12)19(25)11-28-17-8-7-13(10-14(17)21)20(26)27-2/h3-8,10,12H,9,11H2,1-2H3,(H,22,24). The van der Waals surface area contributed by atoms with Crippen LogP contribution in [-0.2, 0) is 14.3 Å². The van der Waals surface area contributed by atoms with E-state index in [1.165, 1.54) is 25.3 Å². The van der Waals surface area contributed by atoms with Gasteiger partial charge in [-0.2, -0.15) is 0 Å². The summed E-state index contributed by atoms with van der Waals surface area (Å²) < 4.78 is 10.2. The summed E-state index contributed by atoms with van der Waals surface area (Å²) in [4.78, 5) is 38.0. The molecule has 0 saturated heterocycles. The summed E-state index contributed by atoms with van der Waals surface area (Å²) >= 11 is 6.14. The van der Waals surface area contributed by atoms with E-state index in [-0.39, 0.29) is 47.2 Å². The molecule has 2 aromatic rings. The Balaban J connectivity index is 1.78. The van der Waals surface area contributed by atoms with Crippen LogP contribution in [0.2, 0.25) is 5.02 Å². The fourth-order valence-corrected chi connectivity index (χ4v) is 3.27. The first-order valence-corrected chi connectivity index (χ1v) is 9.00. The van der Waals surface area contributed by atoms with E-state index in [0.29, 0.717) is 11.4 Å². The van der Waals surface area contributed by atoms with Crippen molar-refractivity contribution in [1.82, 2.24) is 0 Å². The SMILES string of the molecule is COC(=O)c1ccc(OCC(=O)N2c3ccccc3NC(=O)CC2C)c(Cl)c1. The number of ether oxygens (including phenoxy) is 2. The van der Waals surface area contributed by atoms with Gasteiger partial charge in [-0.25, -0.2) is 4.79 Å². The molecular formula is C20H19ClN2O5. The van der Waals surface area contributed by atoms with Crippen LogP contribution >= 0.6 is 11.6 Å². The highest BCUT2D eigenvalue weighted by Crippen LogP contribution is 2.32. The molecule has 1 unspecified atom stereocenters. The average Bonchev–Trinajstić information content (AvgIpc) is 2.80. The molecule has 2 aromatic carbocycles. The summed E-state index contributed by atoms with van der Waals surface area (Å²) in [5.41, 5.74) is 1.47. The third-order valence-electron chi connectivity index (χ3n) is 4.33. The molecule has 1 aliphatic heterocycles. The van der Waals surface area contributed by atoms with E-state index in [9.17, 15) is 14.4 Å². The highest BCUT2D eigenvalue weighted by atomic mass is 35.5. The zero-order chi connectivity index (χ0) is 20.3. The Morgan fingerprint density at radius 2 is 2.00 bits per heavy atom. The van der Waals surface area contributed by atoms with Gasteiger partial charge in [0.2, 0.25) is 5.91 Å². The quantitative estimate of drug-likeness (QED) is 0.793. The molecule has 0 fully saturated rings. The number of hydrogen-bond acceptors (Lipinski definition) is 5. The Labute approximate surface area is 167 Å². The minimum absolute atomic E-state index is 0.155. The van der Waals surface area contributed by atoms with Crippen LogP contribution in [0.4, 0.5) is 11.4 Å². The maximum atomic E-state index is 12.9. The summed E-state index contributed by atoms with van der Waals surface area (Å²) in [6.45, 7) is 1.53. The van der Waals surface area contributed by atoms with Gasteiger partial charge in [-0.3, -0.25) is 9.59 Å². The van der Waals surface area contributed by atoms with E-state index in [2.05, 4.69) is 10.1 Å². The number of rotatable bonds is 4. The van der Waals surface area contributed by atoms with E-state index in [1.807, 2.05) is 0 Å². The van der Waals surface area contributed by atoms with Gasteiger partial charge in [-0.05, 0) is 37.3 Å². The molecular weight excluding hydrogens is 384 g/mol. The Hall–Kier alpha value is -3.06. The zero-order valence-electron chi connectivity index (χ0n) is 15.4. The summed E-state index contributed by atoms with van der Waals surface area (Å²) in [5.74, 6) is -0.716. The highest BCUT2D eigenvalue weighted by Gasteiger charge is 2.29. The van der Waals surface area contributed by atoms with Crippen LogP contribution in [0.25, 0.3) is 0 Å². The number of methoxy groups -OCH3 is 1. The second-order valence-corrected chi connectivity index (χ2v) is 6.71. The number of carbonyl (C=O) groups is 3. The lowest BCUT2D eigenvalue weighted by Gasteiger charge is -2.27. The zero-order valence-corrected chi connectivity index (χ0v) is 16.2. The molecule has 146 valence electrons. The van der Waals surface area contributed by atoms with Crippen molar-refractivity contribution < 1.29 is 23.9 Å². The molecule has 0 saturated carbocycles. The Morgan fingerprint density at radius 1 is 1.25 bits per heavy atom. The number of amides is 2. The van der Waals surface area contributed by atoms with Crippen molar-refractivity contribution in [3.63, 3.8) is 0 Å². The Morgan fingerprint density at radius 3 is 2.71 bits per heavy atom. The molecule has 0 spiro atoms. The number of nitrogens with one attached hydrogen (secondary N) is 1. The van der Waals surface area contributed by atoms with E-state index in [4.69, 9.17) is 16.3 Å². The number of para-hydroxylation sites is 2. The van der Waals surface area contributed by atoms with Gasteiger partial charge < -0.3 is 19.7 Å². The molecule has 1 N–H and O–H groups in total. The molecule has 0 aliphatic carbocycles. The first-order valence-electron chi connectivity index (χ1n) is 8.62. The van der Waals surface area contributed by atoms with Crippen LogP contribution in [0.15, 0.2) is 42.5 Å². The molecule has 0 radical (unpaired) electrons. The fourth-order valence-electron chi connectivity index (χ4n) is 3.04. The molecule has 1 atom stereocenters. The van der Waals surface area contributed by atoms with E-state index in [0.717, 1.165) is 0 Å². The highest BCUT2D eigenvalue weighted by molar-refractivity contribution is 6.32. The average molecular weight is 403 g/mol. The van der Waals surface area contributed by atoms with Crippen LogP contribution in [-0.4, -0.2) is 37.5 Å². The predicted octanol–water partition coefficient (Wildman–Crippen LogP) is 3.27. The lowest BCUT2D eigenvalue weighted by Crippen LogP contribution is -2.41. The first-order chi connectivity index (χ1) is 13.4. The number of anilines is 2. The number of esters is 1. The number of benzene rings is 2. The minimum atomic E-state index is -0.517. The molecule has 28 heavy (non-hydrogen) atoms. The van der Waals surface area contributed by atoms with Gasteiger partial charge in [-0.1, -0.05) is 23.7 Å². The van der Waals surface area contributed by atoms with E-state index < -0.39 is 5.97 Å². The number of carbonyl (C=O) groups excluding carboxylic acids is 3. The maximum absolute atomic E-state index is 12.9. The Kier molecular flexibility index (Phi) is 5.84. The van der Waals surface area contributed by atoms with Crippen LogP contribution < -0.4 is 15.0 Å². The van der Waals surface area contributed by atoms with Crippen LogP contribution in [0.1, 0.15) is 23.7 Å². The van der Waals surface area contributed by atoms with E-state index in [1.54, 1.807) is 36.1 Å². The second-order valence-electron chi connectivity index (χ2n) is 6.31. The van der Waals surface area contributed by atoms with Crippen molar-refractivity contribution in [3.05, 3.63) is 53.1 Å². The van der Waals surface area contributed by atoms with Gasteiger partial charge in [0, 0.05) is 12.5 Å². The molecule has 7 nitrogen and oxygen atoms in total. The smallest absolute Gasteiger partial charge is 0.337 e. The third-order valence-corrected chi connectivity index (χ3v) is 4.63. The normalized spacial score (nSPS) is 15.9. The van der Waals surface area contributed by atoms with Crippen molar-refractivity contribution in [2.24, 2.45) is 0 Å². The van der Waals surface area contributed by atoms with Crippen molar-refractivity contribution in [2.45, 2.75) is 19.4 Å². The van der Waals surface area contributed by atoms with Crippen LogP contribution in [0.5, 0.6) is 5.75 Å². The number of hydrogen-bond donors (Lipinski definition) is 1. The second kappa shape index (κ2) is 8.31. The fraction of sp³-hybridized carbons (Fsp3) is 0.250. The molecule has 2 amide bonds. The van der Waals surface area contributed by atoms with Gasteiger partial charge in [0.1, 0.15) is 5.75 Å². The van der Waals surface area contributed by atoms with Gasteiger partial charge in [0.25, 0.3) is 5.91 Å². The van der Waals surface area contributed by atoms with Crippen molar-refractivity contribution in [1.29, 1.82) is 0 Å². The van der Waals surface area contributed by atoms with Gasteiger partial charge >= 0.3 is 5.97 Å². The van der Waals surface area contributed by atoms with Gasteiger partial charge in [0.05, 0.1) is 29.1 Å². The summed E-state index contributed by atoms with van der Waals surface area (Å²) in [6, 6.07) is 11.2. The Bertz CT molecular complexity index is 931. The molecule has 8 heteroatoms. The van der Waals surface area contributed by atoms with Crippen molar-refractivity contribution in [3.8, 4) is 5.75 Å². The number of fused-ring (bicyclic) bond motifs is 1. The summed E-state index contributed by atoms with van der Waals surface area (Å²) in [5, 5.41) is 3.00. The van der Waals surface area contributed by atoms with Gasteiger partial charge in [-0.15, -0.1) is 0 Å². The van der Waals surface area contributed by atoms with Crippen molar-refractivity contribution in [2.75, 3.05) is 23.9 Å². The lowest BCUT2D eigenvalue weighted by atomic mass is 10.1. The lowest BCUT2D eigenvalue weighted by molar-refractivity contribution is -0.121. The first kappa shape index (κ1) is 19.7. The maximum Gasteiger partial charge on any atom is 0.337 e. The molecule has 1 aliphatic rings. The third kappa shape index (κ3) is 4.09. The van der Waals surface area contributed by atoms with Crippen LogP contribution in [0, 0.1) is 0 Å². The monoisotopic (exact) mass is 402 g/mol. The summed E-state index contributed by atoms with van der Waals surface area (Å²) in [7, 11) is 1.28. The van der Waals surface area contributed by atoms with E-state index >= 15 is 0 Å². The largest absolute Gasteiger partial charge is 0.482 e. The topological polar surface area (TPSA) is 84.9 Å².